The Labute approximate surface area is 269 Å². The van der Waals surface area contributed by atoms with Crippen LogP contribution < -0.4 is 5.73 Å². The lowest BCUT2D eigenvalue weighted by Gasteiger charge is -2.05. The zero-order valence-electron chi connectivity index (χ0n) is 29.0. The van der Waals surface area contributed by atoms with Crippen LogP contribution in [0.3, 0.4) is 0 Å². The fourth-order valence-corrected chi connectivity index (χ4v) is 6.41. The molecule has 0 aromatic carbocycles. The van der Waals surface area contributed by atoms with E-state index in [2.05, 4.69) is 0 Å². The topological polar surface area (TPSA) is 80.4 Å². The first-order valence-electron chi connectivity index (χ1n) is 19.6. The zero-order chi connectivity index (χ0) is 31.3. The maximum atomic E-state index is 10.7. The maximum Gasteiger partial charge on any atom is 0.303 e. The van der Waals surface area contributed by atoms with Crippen LogP contribution in [0.4, 0.5) is 0 Å². The standard InChI is InChI=1S/C39H77NO3/c40-38(41)36-34-32-30-28-26-24-22-20-18-16-14-12-10-8-6-4-2-1-3-5-7-9-11-13-15-17-19-21-23-25-27-29-31-33-35-37-39(42)43/h1-37H2,(H2,40,41)(H,42,43). The van der Waals surface area contributed by atoms with Crippen molar-refractivity contribution in [1.29, 1.82) is 0 Å². The second-order valence-corrected chi connectivity index (χ2v) is 13.7. The molecular formula is C39H77NO3. The van der Waals surface area contributed by atoms with Gasteiger partial charge in [0.15, 0.2) is 0 Å². The van der Waals surface area contributed by atoms with E-state index in [1.54, 1.807) is 0 Å². The van der Waals surface area contributed by atoms with Crippen molar-refractivity contribution in [1.82, 2.24) is 0 Å². The Morgan fingerprint density at radius 1 is 0.279 bits per heavy atom. The summed E-state index contributed by atoms with van der Waals surface area (Å²) in [5, 5.41) is 8.64. The van der Waals surface area contributed by atoms with E-state index >= 15 is 0 Å². The van der Waals surface area contributed by atoms with Crippen LogP contribution in [0.2, 0.25) is 0 Å². The summed E-state index contributed by atoms with van der Waals surface area (Å²) in [7, 11) is 0. The largest absolute Gasteiger partial charge is 0.481 e. The van der Waals surface area contributed by atoms with E-state index < -0.39 is 5.97 Å². The first kappa shape index (κ1) is 41.9. The van der Waals surface area contributed by atoms with Gasteiger partial charge in [-0.15, -0.1) is 0 Å². The Balaban J connectivity index is 3.04. The number of primary amides is 1. The molecule has 0 heterocycles. The Bertz CT molecular complexity index is 517. The second kappa shape index (κ2) is 37.1. The first-order chi connectivity index (χ1) is 21.1. The minimum atomic E-state index is -0.652. The predicted octanol–water partition coefficient (Wildman–Crippen LogP) is 13.0. The first-order valence-corrected chi connectivity index (χ1v) is 19.6. The Morgan fingerprint density at radius 3 is 0.558 bits per heavy atom. The van der Waals surface area contributed by atoms with Gasteiger partial charge in [-0.05, 0) is 12.8 Å². The normalized spacial score (nSPS) is 11.3. The summed E-state index contributed by atoms with van der Waals surface area (Å²) in [6.45, 7) is 0. The quantitative estimate of drug-likeness (QED) is 0.0685. The van der Waals surface area contributed by atoms with Crippen LogP contribution in [0.15, 0.2) is 0 Å². The number of carbonyl (C=O) groups is 2. The third kappa shape index (κ3) is 40.9. The fourth-order valence-electron chi connectivity index (χ4n) is 6.41. The third-order valence-corrected chi connectivity index (χ3v) is 9.31. The molecule has 0 aromatic rings. The van der Waals surface area contributed by atoms with E-state index in [0.717, 1.165) is 25.7 Å². The Hall–Kier alpha value is -1.06. The number of carboxylic acids is 1. The molecule has 0 aliphatic rings. The van der Waals surface area contributed by atoms with Crippen molar-refractivity contribution >= 4 is 11.9 Å². The lowest BCUT2D eigenvalue weighted by Crippen LogP contribution is -2.09. The highest BCUT2D eigenvalue weighted by Crippen LogP contribution is 2.17. The number of carbonyl (C=O) groups excluding carboxylic acids is 1. The lowest BCUT2D eigenvalue weighted by atomic mass is 10.0. The van der Waals surface area contributed by atoms with Crippen molar-refractivity contribution in [3.63, 3.8) is 0 Å². The van der Waals surface area contributed by atoms with Gasteiger partial charge in [-0.3, -0.25) is 9.59 Å². The van der Waals surface area contributed by atoms with Gasteiger partial charge in [-0.2, -0.15) is 0 Å². The number of amides is 1. The van der Waals surface area contributed by atoms with Crippen molar-refractivity contribution in [3.05, 3.63) is 0 Å². The van der Waals surface area contributed by atoms with Gasteiger partial charge in [-0.1, -0.05) is 212 Å². The molecule has 1 amide bonds. The molecule has 0 saturated heterocycles. The molecule has 0 radical (unpaired) electrons. The number of hydrogen-bond acceptors (Lipinski definition) is 2. The number of aliphatic carboxylic acids is 1. The van der Waals surface area contributed by atoms with Gasteiger partial charge in [0.2, 0.25) is 5.91 Å². The van der Waals surface area contributed by atoms with Crippen LogP contribution in [0.1, 0.15) is 238 Å². The van der Waals surface area contributed by atoms with Crippen LogP contribution >= 0.6 is 0 Å². The molecule has 0 bridgehead atoms. The van der Waals surface area contributed by atoms with E-state index in [9.17, 15) is 9.59 Å². The maximum absolute atomic E-state index is 10.7. The van der Waals surface area contributed by atoms with Gasteiger partial charge < -0.3 is 10.8 Å². The molecule has 4 heteroatoms. The Morgan fingerprint density at radius 2 is 0.419 bits per heavy atom. The monoisotopic (exact) mass is 608 g/mol. The third-order valence-electron chi connectivity index (χ3n) is 9.31. The molecule has 0 rings (SSSR count). The zero-order valence-corrected chi connectivity index (χ0v) is 29.0. The van der Waals surface area contributed by atoms with Crippen molar-refractivity contribution in [2.75, 3.05) is 0 Å². The highest BCUT2D eigenvalue weighted by molar-refractivity contribution is 5.73. The van der Waals surface area contributed by atoms with E-state index in [1.165, 1.54) is 199 Å². The fraction of sp³-hybridized carbons (Fsp3) is 0.949. The summed E-state index contributed by atoms with van der Waals surface area (Å²) in [6.07, 6.45) is 48.6. The minimum absolute atomic E-state index is 0.153. The van der Waals surface area contributed by atoms with Crippen molar-refractivity contribution in [2.45, 2.75) is 238 Å². The summed E-state index contributed by atoms with van der Waals surface area (Å²) in [5.41, 5.74) is 5.17. The SMILES string of the molecule is NC(=O)CCCCCCCCCCCCCCCCCCCCCCCCCCCCCCCCCCCCCC(=O)O. The number of carboxylic acid groups (broad SMARTS) is 1. The minimum Gasteiger partial charge on any atom is -0.481 e. The molecule has 4 nitrogen and oxygen atoms in total. The van der Waals surface area contributed by atoms with Gasteiger partial charge in [0, 0.05) is 12.8 Å². The highest BCUT2D eigenvalue weighted by atomic mass is 16.4. The predicted molar refractivity (Wildman–Crippen MR) is 188 cm³/mol. The van der Waals surface area contributed by atoms with Crippen LogP contribution in [-0.2, 0) is 9.59 Å². The molecule has 256 valence electrons. The number of unbranched alkanes of at least 4 members (excludes halogenated alkanes) is 34. The summed E-state index contributed by atoms with van der Waals surface area (Å²) in [4.78, 5) is 21.2. The van der Waals surface area contributed by atoms with Crippen LogP contribution in [-0.4, -0.2) is 17.0 Å². The molecule has 0 fully saturated rings. The molecule has 0 aliphatic heterocycles. The molecule has 0 unspecified atom stereocenters. The van der Waals surface area contributed by atoms with Crippen molar-refractivity contribution < 1.29 is 14.7 Å². The van der Waals surface area contributed by atoms with E-state index in [1.807, 2.05) is 0 Å². The smallest absolute Gasteiger partial charge is 0.303 e. The van der Waals surface area contributed by atoms with E-state index in [0.29, 0.717) is 12.8 Å². The molecule has 0 aromatic heterocycles. The molecule has 3 N–H and O–H groups in total. The van der Waals surface area contributed by atoms with Crippen LogP contribution in [0.5, 0.6) is 0 Å². The van der Waals surface area contributed by atoms with Gasteiger partial charge >= 0.3 is 5.97 Å². The number of nitrogens with two attached hydrogens (primary N) is 1. The summed E-state index contributed by atoms with van der Waals surface area (Å²) < 4.78 is 0. The van der Waals surface area contributed by atoms with Gasteiger partial charge in [0.05, 0.1) is 0 Å². The molecular weight excluding hydrogens is 530 g/mol. The van der Waals surface area contributed by atoms with Crippen molar-refractivity contribution in [2.24, 2.45) is 5.73 Å². The van der Waals surface area contributed by atoms with E-state index in [4.69, 9.17) is 10.8 Å². The average molecular weight is 608 g/mol. The number of rotatable bonds is 38. The second-order valence-electron chi connectivity index (χ2n) is 13.7. The molecule has 0 saturated carbocycles. The molecule has 43 heavy (non-hydrogen) atoms. The molecule has 0 aliphatic carbocycles. The summed E-state index contributed by atoms with van der Waals surface area (Å²) in [5.74, 6) is -0.805. The molecule has 0 spiro atoms. The summed E-state index contributed by atoms with van der Waals surface area (Å²) >= 11 is 0. The summed E-state index contributed by atoms with van der Waals surface area (Å²) in [6, 6.07) is 0. The van der Waals surface area contributed by atoms with Gasteiger partial charge in [0.1, 0.15) is 0 Å². The number of hydrogen-bond donors (Lipinski definition) is 2. The van der Waals surface area contributed by atoms with Gasteiger partial charge in [-0.25, -0.2) is 0 Å². The Kier molecular flexibility index (Phi) is 36.2. The van der Waals surface area contributed by atoms with Crippen LogP contribution in [0, 0.1) is 0 Å². The lowest BCUT2D eigenvalue weighted by molar-refractivity contribution is -0.137. The van der Waals surface area contributed by atoms with Crippen LogP contribution in [0.25, 0.3) is 0 Å². The molecule has 0 atom stereocenters. The van der Waals surface area contributed by atoms with Crippen molar-refractivity contribution in [3.8, 4) is 0 Å². The highest BCUT2D eigenvalue weighted by Gasteiger charge is 1.99. The van der Waals surface area contributed by atoms with Gasteiger partial charge in [0.25, 0.3) is 0 Å². The average Bonchev–Trinajstić information content (AvgIpc) is 2.98. The van der Waals surface area contributed by atoms with E-state index in [-0.39, 0.29) is 5.91 Å².